The highest BCUT2D eigenvalue weighted by Crippen LogP contribution is 2.12. The van der Waals surface area contributed by atoms with E-state index in [4.69, 9.17) is 0 Å². The van der Waals surface area contributed by atoms with E-state index in [2.05, 4.69) is 28.3 Å². The maximum Gasteiger partial charge on any atom is 0.147 e. The van der Waals surface area contributed by atoms with Crippen LogP contribution in [0.15, 0.2) is 30.1 Å². The van der Waals surface area contributed by atoms with Crippen LogP contribution in [0.3, 0.4) is 0 Å². The Hall–Kier alpha value is -1.38. The molecule has 1 heterocycles. The van der Waals surface area contributed by atoms with Crippen molar-refractivity contribution in [2.75, 3.05) is 0 Å². The van der Waals surface area contributed by atoms with Crippen molar-refractivity contribution in [1.29, 1.82) is 0 Å². The smallest absolute Gasteiger partial charge is 0.147 e. The van der Waals surface area contributed by atoms with Crippen LogP contribution in [-0.2, 0) is 6.54 Å². The summed E-state index contributed by atoms with van der Waals surface area (Å²) in [6.07, 6.45) is 10.6. The zero-order valence-corrected chi connectivity index (χ0v) is 9.77. The summed E-state index contributed by atoms with van der Waals surface area (Å²) >= 11 is 0. The van der Waals surface area contributed by atoms with Crippen molar-refractivity contribution >= 4 is 0 Å². The maximum atomic E-state index is 4.25. The lowest BCUT2D eigenvalue weighted by Gasteiger charge is -2.07. The number of hydrogen-bond donors (Lipinski definition) is 0. The molecule has 82 valence electrons. The minimum absolute atomic E-state index is 0.840. The van der Waals surface area contributed by atoms with E-state index in [1.807, 2.05) is 25.5 Å². The van der Waals surface area contributed by atoms with Gasteiger partial charge in [-0.1, -0.05) is 32.1 Å². The molecule has 0 fully saturated rings. The normalized spacial score (nSPS) is 14.2. The van der Waals surface area contributed by atoms with Crippen LogP contribution < -0.4 is 0 Å². The molecule has 1 aliphatic rings. The second kappa shape index (κ2) is 6.17. The first-order valence-electron chi connectivity index (χ1n) is 5.55. The van der Waals surface area contributed by atoms with Crippen molar-refractivity contribution in [2.45, 2.75) is 40.2 Å². The molecule has 0 saturated heterocycles. The van der Waals surface area contributed by atoms with E-state index in [0.717, 1.165) is 25.2 Å². The minimum Gasteiger partial charge on any atom is -0.249 e. The Balaban J connectivity index is 0.000000531. The van der Waals surface area contributed by atoms with Crippen LogP contribution in [0.25, 0.3) is 0 Å². The minimum atomic E-state index is 0.840. The molecule has 3 nitrogen and oxygen atoms in total. The SMILES string of the molecule is CC.Cc1ncn(CC2=CC=CCC2)n1. The Morgan fingerprint density at radius 3 is 2.73 bits per heavy atom. The third-order valence-electron chi connectivity index (χ3n) is 2.12. The number of aryl methyl sites for hydroxylation is 1. The molecule has 2 rings (SSSR count). The van der Waals surface area contributed by atoms with Gasteiger partial charge in [-0.25, -0.2) is 9.67 Å². The van der Waals surface area contributed by atoms with Gasteiger partial charge in [0.05, 0.1) is 6.54 Å². The van der Waals surface area contributed by atoms with E-state index in [1.54, 1.807) is 6.33 Å². The van der Waals surface area contributed by atoms with Gasteiger partial charge in [0.25, 0.3) is 0 Å². The molecular weight excluding hydrogens is 186 g/mol. The van der Waals surface area contributed by atoms with Crippen molar-refractivity contribution in [3.63, 3.8) is 0 Å². The van der Waals surface area contributed by atoms with Gasteiger partial charge >= 0.3 is 0 Å². The topological polar surface area (TPSA) is 30.7 Å². The van der Waals surface area contributed by atoms with Crippen LogP contribution in [0.2, 0.25) is 0 Å². The molecule has 1 aromatic rings. The van der Waals surface area contributed by atoms with Crippen LogP contribution >= 0.6 is 0 Å². The molecule has 0 saturated carbocycles. The van der Waals surface area contributed by atoms with Crippen LogP contribution in [0.1, 0.15) is 32.5 Å². The van der Waals surface area contributed by atoms with Crippen molar-refractivity contribution < 1.29 is 0 Å². The third-order valence-corrected chi connectivity index (χ3v) is 2.12. The van der Waals surface area contributed by atoms with Crippen LogP contribution in [0.5, 0.6) is 0 Å². The Labute approximate surface area is 91.5 Å². The van der Waals surface area contributed by atoms with Gasteiger partial charge in [-0.05, 0) is 25.3 Å². The van der Waals surface area contributed by atoms with Crippen LogP contribution in [0, 0.1) is 6.92 Å². The van der Waals surface area contributed by atoms with Gasteiger partial charge in [-0.3, -0.25) is 0 Å². The first kappa shape index (κ1) is 11.7. The molecule has 0 amide bonds. The zero-order chi connectivity index (χ0) is 11.1. The molecule has 3 heteroatoms. The predicted molar refractivity (Wildman–Crippen MR) is 62.6 cm³/mol. The Bertz CT molecular complexity index is 348. The van der Waals surface area contributed by atoms with Gasteiger partial charge in [0, 0.05) is 0 Å². The summed E-state index contributed by atoms with van der Waals surface area (Å²) in [7, 11) is 0. The molecule has 0 atom stereocenters. The number of allylic oxidation sites excluding steroid dienone is 4. The summed E-state index contributed by atoms with van der Waals surface area (Å²) in [6, 6.07) is 0. The Morgan fingerprint density at radius 2 is 2.20 bits per heavy atom. The summed E-state index contributed by atoms with van der Waals surface area (Å²) in [4.78, 5) is 4.09. The highest BCUT2D eigenvalue weighted by molar-refractivity contribution is 5.17. The van der Waals surface area contributed by atoms with Crippen molar-refractivity contribution in [1.82, 2.24) is 14.8 Å². The fourth-order valence-corrected chi connectivity index (χ4v) is 1.46. The molecular formula is C12H19N3. The largest absolute Gasteiger partial charge is 0.249 e. The van der Waals surface area contributed by atoms with Gasteiger partial charge in [0.15, 0.2) is 0 Å². The van der Waals surface area contributed by atoms with E-state index >= 15 is 0 Å². The van der Waals surface area contributed by atoms with E-state index in [-0.39, 0.29) is 0 Å². The summed E-state index contributed by atoms with van der Waals surface area (Å²) in [6.45, 7) is 6.79. The lowest BCUT2D eigenvalue weighted by molar-refractivity contribution is 0.647. The second-order valence-electron chi connectivity index (χ2n) is 3.28. The van der Waals surface area contributed by atoms with E-state index in [1.165, 1.54) is 5.57 Å². The molecule has 0 aromatic carbocycles. The quantitative estimate of drug-likeness (QED) is 0.743. The Kier molecular flexibility index (Phi) is 4.81. The monoisotopic (exact) mass is 205 g/mol. The molecule has 1 aliphatic carbocycles. The summed E-state index contributed by atoms with van der Waals surface area (Å²) in [5.41, 5.74) is 1.42. The fourth-order valence-electron chi connectivity index (χ4n) is 1.46. The number of aromatic nitrogens is 3. The summed E-state index contributed by atoms with van der Waals surface area (Å²) < 4.78 is 1.89. The van der Waals surface area contributed by atoms with E-state index in [0.29, 0.717) is 0 Å². The summed E-state index contributed by atoms with van der Waals surface area (Å²) in [5.74, 6) is 0.840. The molecule has 0 unspecified atom stereocenters. The molecule has 0 bridgehead atoms. The average Bonchev–Trinajstić information content (AvgIpc) is 2.68. The van der Waals surface area contributed by atoms with Gasteiger partial charge in [-0.2, -0.15) is 5.10 Å². The van der Waals surface area contributed by atoms with Gasteiger partial charge in [0.1, 0.15) is 12.2 Å². The Morgan fingerprint density at radius 1 is 1.40 bits per heavy atom. The lowest BCUT2D eigenvalue weighted by Crippen LogP contribution is -2.03. The fraction of sp³-hybridized carbons (Fsp3) is 0.500. The van der Waals surface area contributed by atoms with E-state index in [9.17, 15) is 0 Å². The number of hydrogen-bond acceptors (Lipinski definition) is 2. The predicted octanol–water partition coefficient (Wildman–Crippen LogP) is 2.89. The van der Waals surface area contributed by atoms with Crippen molar-refractivity contribution in [2.24, 2.45) is 0 Å². The van der Waals surface area contributed by atoms with Gasteiger partial charge in [0.2, 0.25) is 0 Å². The molecule has 1 aromatic heterocycles. The zero-order valence-electron chi connectivity index (χ0n) is 9.77. The van der Waals surface area contributed by atoms with Crippen LogP contribution in [-0.4, -0.2) is 14.8 Å². The molecule has 0 radical (unpaired) electrons. The molecule has 15 heavy (non-hydrogen) atoms. The van der Waals surface area contributed by atoms with Gasteiger partial charge in [-0.15, -0.1) is 0 Å². The third kappa shape index (κ3) is 3.70. The highest BCUT2D eigenvalue weighted by atomic mass is 15.3. The average molecular weight is 205 g/mol. The van der Waals surface area contributed by atoms with Crippen LogP contribution in [0.4, 0.5) is 0 Å². The molecule has 0 N–H and O–H groups in total. The number of rotatable bonds is 2. The van der Waals surface area contributed by atoms with Crippen molar-refractivity contribution in [3.05, 3.63) is 36.0 Å². The van der Waals surface area contributed by atoms with Crippen molar-refractivity contribution in [3.8, 4) is 0 Å². The standard InChI is InChI=1S/C10H13N3.C2H6/c1-9-11-8-13(12-9)7-10-5-3-2-4-6-10;1-2/h2-3,5,8H,4,6-7H2,1H3;1-2H3. The first-order valence-corrected chi connectivity index (χ1v) is 5.55. The lowest BCUT2D eigenvalue weighted by atomic mass is 10.1. The summed E-state index contributed by atoms with van der Waals surface area (Å²) in [5, 5.41) is 4.25. The van der Waals surface area contributed by atoms with E-state index < -0.39 is 0 Å². The molecule has 0 spiro atoms. The second-order valence-corrected chi connectivity index (χ2v) is 3.28. The molecule has 0 aliphatic heterocycles. The highest BCUT2D eigenvalue weighted by Gasteiger charge is 2.01. The van der Waals surface area contributed by atoms with Gasteiger partial charge < -0.3 is 0 Å². The maximum absolute atomic E-state index is 4.25. The first-order chi connectivity index (χ1) is 7.34. The number of nitrogens with zero attached hydrogens (tertiary/aromatic N) is 3.